The Kier molecular flexibility index (Phi) is 4.00. The highest BCUT2D eigenvalue weighted by molar-refractivity contribution is 7.18. The van der Waals surface area contributed by atoms with E-state index in [1.54, 1.807) is 30.3 Å². The number of thiophene rings is 1. The lowest BCUT2D eigenvalue weighted by Gasteiger charge is -1.93. The van der Waals surface area contributed by atoms with Gasteiger partial charge in [0.1, 0.15) is 0 Å². The van der Waals surface area contributed by atoms with Gasteiger partial charge >= 0.3 is 0 Å². The summed E-state index contributed by atoms with van der Waals surface area (Å²) < 4.78 is 0.619. The van der Waals surface area contributed by atoms with Crippen molar-refractivity contribution in [1.82, 2.24) is 0 Å². The van der Waals surface area contributed by atoms with Crippen molar-refractivity contribution in [2.75, 3.05) is 0 Å². The summed E-state index contributed by atoms with van der Waals surface area (Å²) >= 11 is 12.8. The zero-order valence-corrected chi connectivity index (χ0v) is 11.0. The highest BCUT2D eigenvalue weighted by Crippen LogP contribution is 2.22. The minimum Gasteiger partial charge on any atom is -0.288 e. The summed E-state index contributed by atoms with van der Waals surface area (Å²) in [7, 11) is 0. The van der Waals surface area contributed by atoms with Crippen LogP contribution >= 0.6 is 34.5 Å². The lowest BCUT2D eigenvalue weighted by molar-refractivity contribution is 0.105. The van der Waals surface area contributed by atoms with Crippen molar-refractivity contribution in [1.29, 1.82) is 0 Å². The van der Waals surface area contributed by atoms with Crippen molar-refractivity contribution in [2.24, 2.45) is 0 Å². The van der Waals surface area contributed by atoms with Gasteiger partial charge in [0.15, 0.2) is 5.78 Å². The molecule has 0 unspecified atom stereocenters. The molecule has 86 valence electrons. The molecule has 1 aromatic heterocycles. The molecule has 0 fully saturated rings. The minimum absolute atomic E-state index is 0.0446. The molecule has 0 bridgehead atoms. The van der Waals surface area contributed by atoms with E-state index in [0.29, 0.717) is 14.2 Å². The molecule has 0 spiro atoms. The molecule has 17 heavy (non-hydrogen) atoms. The average molecular weight is 283 g/mol. The molecule has 1 nitrogen and oxygen atoms in total. The van der Waals surface area contributed by atoms with E-state index in [1.165, 1.54) is 17.4 Å². The van der Waals surface area contributed by atoms with Gasteiger partial charge in [-0.25, -0.2) is 0 Å². The molecule has 0 amide bonds. The van der Waals surface area contributed by atoms with Crippen molar-refractivity contribution in [3.63, 3.8) is 0 Å². The van der Waals surface area contributed by atoms with Gasteiger partial charge in [-0.3, -0.25) is 4.79 Å². The normalized spacial score (nSPS) is 10.9. The van der Waals surface area contributed by atoms with Crippen LogP contribution in [0, 0.1) is 0 Å². The maximum absolute atomic E-state index is 11.7. The van der Waals surface area contributed by atoms with Crippen LogP contribution < -0.4 is 0 Å². The van der Waals surface area contributed by atoms with Crippen LogP contribution in [0.2, 0.25) is 9.36 Å². The van der Waals surface area contributed by atoms with E-state index in [9.17, 15) is 4.79 Å². The number of hydrogen-bond donors (Lipinski definition) is 0. The number of halogens is 2. The number of carbonyl (C=O) groups is 1. The van der Waals surface area contributed by atoms with Crippen LogP contribution in [0.15, 0.2) is 42.5 Å². The first kappa shape index (κ1) is 12.4. The first-order valence-electron chi connectivity index (χ1n) is 4.88. The Morgan fingerprint density at radius 2 is 1.76 bits per heavy atom. The maximum atomic E-state index is 11.7. The van der Waals surface area contributed by atoms with Gasteiger partial charge in [-0.15, -0.1) is 11.3 Å². The van der Waals surface area contributed by atoms with E-state index in [4.69, 9.17) is 23.2 Å². The van der Waals surface area contributed by atoms with E-state index in [-0.39, 0.29) is 5.78 Å². The monoisotopic (exact) mass is 282 g/mol. The van der Waals surface area contributed by atoms with E-state index in [1.807, 2.05) is 12.1 Å². The zero-order valence-electron chi connectivity index (χ0n) is 8.69. The molecule has 2 rings (SSSR count). The molecule has 0 radical (unpaired) electrons. The van der Waals surface area contributed by atoms with Gasteiger partial charge in [0.2, 0.25) is 0 Å². The summed E-state index contributed by atoms with van der Waals surface area (Å²) in [5.41, 5.74) is 0.936. The van der Waals surface area contributed by atoms with E-state index in [2.05, 4.69) is 0 Å². The van der Waals surface area contributed by atoms with Gasteiger partial charge in [-0.1, -0.05) is 41.4 Å². The summed E-state index contributed by atoms with van der Waals surface area (Å²) in [6.07, 6.45) is 3.29. The highest BCUT2D eigenvalue weighted by Gasteiger charge is 2.04. The Labute approximate surface area is 113 Å². The molecule has 0 atom stereocenters. The second-order valence-electron chi connectivity index (χ2n) is 3.35. The Balaban J connectivity index is 2.10. The van der Waals surface area contributed by atoms with Crippen LogP contribution in [-0.2, 0) is 0 Å². The van der Waals surface area contributed by atoms with Gasteiger partial charge in [0.05, 0.1) is 9.21 Å². The van der Waals surface area contributed by atoms with Crippen molar-refractivity contribution in [3.05, 3.63) is 62.3 Å². The standard InChI is InChI=1S/C13H8Cl2OS/c14-10-4-1-9(2-5-10)3-6-11(16)12-7-8-13(15)17-12/h1-8H. The molecule has 0 aliphatic heterocycles. The molecule has 0 aliphatic rings. The molecule has 0 saturated carbocycles. The molecule has 4 heteroatoms. The quantitative estimate of drug-likeness (QED) is 0.575. The number of benzene rings is 1. The minimum atomic E-state index is -0.0446. The zero-order chi connectivity index (χ0) is 12.3. The average Bonchev–Trinajstić information content (AvgIpc) is 2.75. The third-order valence-electron chi connectivity index (χ3n) is 2.11. The van der Waals surface area contributed by atoms with Crippen LogP contribution in [0.1, 0.15) is 15.2 Å². The smallest absolute Gasteiger partial charge is 0.195 e. The first-order valence-corrected chi connectivity index (χ1v) is 6.46. The number of allylic oxidation sites excluding steroid dienone is 1. The summed E-state index contributed by atoms with van der Waals surface area (Å²) in [6, 6.07) is 10.7. The molecule has 1 heterocycles. The van der Waals surface area contributed by atoms with Crippen molar-refractivity contribution >= 4 is 46.4 Å². The van der Waals surface area contributed by atoms with Gasteiger partial charge in [-0.2, -0.15) is 0 Å². The second-order valence-corrected chi connectivity index (χ2v) is 5.50. The lowest BCUT2D eigenvalue weighted by Crippen LogP contribution is -1.88. The number of hydrogen-bond acceptors (Lipinski definition) is 2. The van der Waals surface area contributed by atoms with Crippen LogP contribution in [-0.4, -0.2) is 5.78 Å². The van der Waals surface area contributed by atoms with Crippen LogP contribution in [0.5, 0.6) is 0 Å². The fraction of sp³-hybridized carbons (Fsp3) is 0. The first-order chi connectivity index (χ1) is 8.15. The molecule has 0 N–H and O–H groups in total. The summed E-state index contributed by atoms with van der Waals surface area (Å²) in [5, 5.41) is 0.679. The van der Waals surface area contributed by atoms with E-state index < -0.39 is 0 Å². The molecule has 2 aromatic rings. The number of ketones is 1. The van der Waals surface area contributed by atoms with Crippen LogP contribution in [0.4, 0.5) is 0 Å². The van der Waals surface area contributed by atoms with Gasteiger partial charge < -0.3 is 0 Å². The fourth-order valence-corrected chi connectivity index (χ4v) is 2.36. The third-order valence-corrected chi connectivity index (χ3v) is 3.61. The molecule has 0 aliphatic carbocycles. The van der Waals surface area contributed by atoms with Gasteiger partial charge in [0, 0.05) is 5.02 Å². The van der Waals surface area contributed by atoms with Crippen molar-refractivity contribution < 1.29 is 4.79 Å². The Hall–Kier alpha value is -1.09. The van der Waals surface area contributed by atoms with Crippen LogP contribution in [0.25, 0.3) is 6.08 Å². The summed E-state index contributed by atoms with van der Waals surface area (Å²) in [4.78, 5) is 12.4. The largest absolute Gasteiger partial charge is 0.288 e. The maximum Gasteiger partial charge on any atom is 0.195 e. The topological polar surface area (TPSA) is 17.1 Å². The fourth-order valence-electron chi connectivity index (χ4n) is 1.27. The van der Waals surface area contributed by atoms with Crippen LogP contribution in [0.3, 0.4) is 0 Å². The van der Waals surface area contributed by atoms with Crippen molar-refractivity contribution in [2.45, 2.75) is 0 Å². The van der Waals surface area contributed by atoms with Gasteiger partial charge in [0.25, 0.3) is 0 Å². The Morgan fingerprint density at radius 3 is 2.35 bits per heavy atom. The molecular weight excluding hydrogens is 275 g/mol. The highest BCUT2D eigenvalue weighted by atomic mass is 35.5. The number of rotatable bonds is 3. The summed E-state index contributed by atoms with van der Waals surface area (Å²) in [5.74, 6) is -0.0446. The third kappa shape index (κ3) is 3.43. The van der Waals surface area contributed by atoms with E-state index in [0.717, 1.165) is 5.56 Å². The number of carbonyl (C=O) groups excluding carboxylic acids is 1. The SMILES string of the molecule is O=C(C=Cc1ccc(Cl)cc1)c1ccc(Cl)s1. The molecular formula is C13H8Cl2OS. The van der Waals surface area contributed by atoms with E-state index >= 15 is 0 Å². The predicted octanol–water partition coefficient (Wildman–Crippen LogP) is 4.95. The second kappa shape index (κ2) is 5.50. The van der Waals surface area contributed by atoms with Gasteiger partial charge in [-0.05, 0) is 35.9 Å². The predicted molar refractivity (Wildman–Crippen MR) is 74.1 cm³/mol. The Bertz CT molecular complexity index is 555. The Morgan fingerprint density at radius 1 is 1.06 bits per heavy atom. The molecule has 0 saturated heterocycles. The summed E-state index contributed by atoms with van der Waals surface area (Å²) in [6.45, 7) is 0. The lowest BCUT2D eigenvalue weighted by atomic mass is 10.2. The molecule has 1 aromatic carbocycles. The van der Waals surface area contributed by atoms with Crippen molar-refractivity contribution in [3.8, 4) is 0 Å².